The fourth-order valence-corrected chi connectivity index (χ4v) is 5.14. The normalized spacial score (nSPS) is 12.5. The van der Waals surface area contributed by atoms with Gasteiger partial charge in [-0.15, -0.1) is 0 Å². The van der Waals surface area contributed by atoms with Gasteiger partial charge < -0.3 is 4.42 Å². The Balaban J connectivity index is 1.41. The Morgan fingerprint density at radius 3 is 2.03 bits per heavy atom. The third-order valence-electron chi connectivity index (χ3n) is 6.71. The molecule has 3 heterocycles. The number of para-hydroxylation sites is 4. The third-order valence-corrected chi connectivity index (χ3v) is 6.71. The largest absolute Gasteiger partial charge is 0.473 e. The summed E-state index contributed by atoms with van der Waals surface area (Å²) in [6.45, 7) is 0. The maximum absolute atomic E-state index is 6.36. The minimum atomic E-state index is 0.134. The lowest BCUT2D eigenvalue weighted by molar-refractivity contribution is -0.454. The Hall–Kier alpha value is -4.70. The Kier molecular flexibility index (Phi) is 4.49. The van der Waals surface area contributed by atoms with Gasteiger partial charge in [0.05, 0.1) is 0 Å². The van der Waals surface area contributed by atoms with Crippen LogP contribution >= 0.6 is 0 Å². The Morgan fingerprint density at radius 1 is 0.600 bits per heavy atom. The van der Waals surface area contributed by atoms with Crippen LogP contribution < -0.4 is 4.40 Å². The van der Waals surface area contributed by atoms with Crippen molar-refractivity contribution >= 4 is 28.0 Å². The van der Waals surface area contributed by atoms with Gasteiger partial charge in [-0.05, 0) is 65.2 Å². The number of fused-ring (bicyclic) bond motifs is 5. The van der Waals surface area contributed by atoms with E-state index in [-0.39, 0.29) is 5.92 Å². The lowest BCUT2D eigenvalue weighted by Gasteiger charge is -2.18. The number of imidazole rings is 1. The van der Waals surface area contributed by atoms with Crippen LogP contribution in [0.3, 0.4) is 0 Å². The molecule has 0 saturated heterocycles. The zero-order valence-corrected chi connectivity index (χ0v) is 19.0. The second kappa shape index (κ2) is 7.96. The van der Waals surface area contributed by atoms with Crippen molar-refractivity contribution in [2.24, 2.45) is 0 Å². The van der Waals surface area contributed by atoms with Gasteiger partial charge in [-0.25, -0.2) is 0 Å². The fourth-order valence-electron chi connectivity index (χ4n) is 5.14. The molecule has 166 valence electrons. The van der Waals surface area contributed by atoms with Gasteiger partial charge >= 0.3 is 5.84 Å². The molecule has 0 bridgehead atoms. The zero-order valence-electron chi connectivity index (χ0n) is 19.0. The smallest absolute Gasteiger partial charge is 0.386 e. The number of pyridine rings is 1. The van der Waals surface area contributed by atoms with E-state index >= 15 is 0 Å². The molecular formula is C31H22N3O+. The van der Waals surface area contributed by atoms with Crippen molar-refractivity contribution in [2.75, 3.05) is 0 Å². The molecule has 4 nitrogen and oxygen atoms in total. The van der Waals surface area contributed by atoms with E-state index in [2.05, 4.69) is 111 Å². The predicted molar refractivity (Wildman–Crippen MR) is 138 cm³/mol. The Morgan fingerprint density at radius 2 is 1.23 bits per heavy atom. The molecule has 0 radical (unpaired) electrons. The predicted octanol–water partition coefficient (Wildman–Crippen LogP) is 6.69. The summed E-state index contributed by atoms with van der Waals surface area (Å²) in [6, 6.07) is 40.3. The summed E-state index contributed by atoms with van der Waals surface area (Å²) in [6.07, 6.45) is 3.72. The molecule has 0 amide bonds. The van der Waals surface area contributed by atoms with Crippen molar-refractivity contribution in [1.29, 1.82) is 0 Å². The Labute approximate surface area is 202 Å². The molecule has 0 aliphatic carbocycles. The summed E-state index contributed by atoms with van der Waals surface area (Å²) < 4.78 is 10.8. The number of nitrogens with zero attached hydrogens (tertiary/aromatic N) is 3. The number of aromatic nitrogens is 3. The van der Waals surface area contributed by atoms with E-state index in [4.69, 9.17) is 4.42 Å². The van der Waals surface area contributed by atoms with Gasteiger partial charge in [0.1, 0.15) is 5.69 Å². The molecule has 7 rings (SSSR count). The molecule has 4 heteroatoms. The van der Waals surface area contributed by atoms with Crippen LogP contribution in [0.4, 0.5) is 0 Å². The minimum Gasteiger partial charge on any atom is -0.386 e. The standard InChI is InChI=1S/C31H22N3O/c1-2-8-22(9-3-1)30(24-18-20-32-21-19-24)23-14-16-25(17-15-23)33-26-10-4-5-11-27(26)34-28-12-6-7-13-29(28)35-31(33)34/h1-21,30H/q+1. The zero-order chi connectivity index (χ0) is 23.2. The molecule has 7 aromatic rings. The van der Waals surface area contributed by atoms with Crippen molar-refractivity contribution < 1.29 is 8.82 Å². The molecule has 3 aromatic heterocycles. The summed E-state index contributed by atoms with van der Waals surface area (Å²) in [5.41, 5.74) is 8.95. The number of hydrogen-bond donors (Lipinski definition) is 0. The van der Waals surface area contributed by atoms with Crippen LogP contribution in [0.1, 0.15) is 22.6 Å². The van der Waals surface area contributed by atoms with Crippen molar-refractivity contribution in [3.8, 4) is 5.69 Å². The summed E-state index contributed by atoms with van der Waals surface area (Å²) in [4.78, 5) is 4.22. The van der Waals surface area contributed by atoms with Crippen molar-refractivity contribution in [1.82, 2.24) is 9.55 Å². The lowest BCUT2D eigenvalue weighted by Crippen LogP contribution is -2.17. The molecule has 1 atom stereocenters. The van der Waals surface area contributed by atoms with Gasteiger partial charge in [0.15, 0.2) is 22.1 Å². The summed E-state index contributed by atoms with van der Waals surface area (Å²) >= 11 is 0. The van der Waals surface area contributed by atoms with Gasteiger partial charge in [0.25, 0.3) is 0 Å². The van der Waals surface area contributed by atoms with Crippen molar-refractivity contribution in [3.05, 3.63) is 144 Å². The van der Waals surface area contributed by atoms with Gasteiger partial charge in [-0.3, -0.25) is 4.98 Å². The van der Waals surface area contributed by atoms with Crippen LogP contribution in [0.15, 0.2) is 132 Å². The highest BCUT2D eigenvalue weighted by molar-refractivity contribution is 5.81. The highest BCUT2D eigenvalue weighted by Crippen LogP contribution is 2.33. The molecule has 0 fully saturated rings. The molecule has 4 aromatic carbocycles. The van der Waals surface area contributed by atoms with Gasteiger partial charge in [-0.1, -0.05) is 66.7 Å². The second-order valence-corrected chi connectivity index (χ2v) is 8.73. The summed E-state index contributed by atoms with van der Waals surface area (Å²) in [7, 11) is 0. The first-order chi connectivity index (χ1) is 17.4. The summed E-state index contributed by atoms with van der Waals surface area (Å²) in [5, 5.41) is 0. The first-order valence-electron chi connectivity index (χ1n) is 11.8. The van der Waals surface area contributed by atoms with Crippen LogP contribution in [0.25, 0.3) is 33.7 Å². The molecule has 1 unspecified atom stereocenters. The quantitative estimate of drug-likeness (QED) is 0.279. The second-order valence-electron chi connectivity index (χ2n) is 8.73. The minimum absolute atomic E-state index is 0.134. The maximum atomic E-state index is 6.36. The fraction of sp³-hybridized carbons (Fsp3) is 0.0323. The van der Waals surface area contributed by atoms with E-state index in [1.807, 2.05) is 30.6 Å². The average Bonchev–Trinajstić information content (AvgIpc) is 3.45. The van der Waals surface area contributed by atoms with E-state index in [9.17, 15) is 0 Å². The molecule has 0 aliphatic heterocycles. The van der Waals surface area contributed by atoms with Crippen LogP contribution in [0.5, 0.6) is 0 Å². The monoisotopic (exact) mass is 452 g/mol. The van der Waals surface area contributed by atoms with Crippen molar-refractivity contribution in [3.63, 3.8) is 0 Å². The molecule has 0 aliphatic rings. The van der Waals surface area contributed by atoms with Crippen LogP contribution in [0, 0.1) is 0 Å². The number of hydrogen-bond acceptors (Lipinski definition) is 2. The van der Waals surface area contributed by atoms with Crippen LogP contribution in [0.2, 0.25) is 0 Å². The van der Waals surface area contributed by atoms with Gasteiger partial charge in [0.2, 0.25) is 0 Å². The molecule has 35 heavy (non-hydrogen) atoms. The third kappa shape index (κ3) is 3.15. The van der Waals surface area contributed by atoms with E-state index < -0.39 is 0 Å². The van der Waals surface area contributed by atoms with E-state index in [1.165, 1.54) is 16.7 Å². The first kappa shape index (κ1) is 19.7. The SMILES string of the molecule is c1ccc(C(c2ccncc2)c2ccc(-n3c4ccccc4[n+]4c5ccccc5oc34)cc2)cc1. The number of oxazole rings is 1. The molecular weight excluding hydrogens is 430 g/mol. The van der Waals surface area contributed by atoms with E-state index in [0.29, 0.717) is 0 Å². The molecule has 0 spiro atoms. The Bertz CT molecular complexity index is 1740. The number of rotatable bonds is 4. The molecule has 0 N–H and O–H groups in total. The van der Waals surface area contributed by atoms with Gasteiger partial charge in [0, 0.05) is 18.3 Å². The average molecular weight is 453 g/mol. The first-order valence-corrected chi connectivity index (χ1v) is 11.8. The van der Waals surface area contributed by atoms with E-state index in [1.54, 1.807) is 0 Å². The van der Waals surface area contributed by atoms with Crippen LogP contribution in [-0.2, 0) is 0 Å². The topological polar surface area (TPSA) is 35.1 Å². The highest BCUT2D eigenvalue weighted by atomic mass is 16.4. The van der Waals surface area contributed by atoms with Gasteiger partial charge in [-0.2, -0.15) is 8.97 Å². The molecule has 0 saturated carbocycles. The van der Waals surface area contributed by atoms with E-state index in [0.717, 1.165) is 33.7 Å². The highest BCUT2D eigenvalue weighted by Gasteiger charge is 2.27. The number of benzene rings is 4. The van der Waals surface area contributed by atoms with Crippen molar-refractivity contribution in [2.45, 2.75) is 5.92 Å². The van der Waals surface area contributed by atoms with Crippen LogP contribution in [-0.4, -0.2) is 9.55 Å². The summed E-state index contributed by atoms with van der Waals surface area (Å²) in [5.74, 6) is 0.934. The maximum Gasteiger partial charge on any atom is 0.473 e. The lowest BCUT2D eigenvalue weighted by atomic mass is 9.85.